The number of carbonyl (C=O) groups is 2. The van der Waals surface area contributed by atoms with Crippen LogP contribution in [-0.2, 0) is 29.8 Å². The van der Waals surface area contributed by atoms with Gasteiger partial charge in [0.2, 0.25) is 11.8 Å². The Kier molecular flexibility index (Phi) is 8.73. The monoisotopic (exact) mass is 344 g/mol. The summed E-state index contributed by atoms with van der Waals surface area (Å²) in [6.45, 7) is 5.89. The largest absolute Gasteiger partial charge is 0.366 e. The standard InChI is InChI=1S/C5H9NO4S.C4H7NO4S/c1-4(2)5(7)6-3-11(8,9)10;1-3(4(5)6)2-10(7,8)9/h1,3H2,2H3,(H,6,7)(H,8,9,10);2H,1H3,(H2,5,6)(H,7,8,9). The van der Waals surface area contributed by atoms with Crippen molar-refractivity contribution >= 4 is 32.1 Å². The zero-order valence-electron chi connectivity index (χ0n) is 11.2. The van der Waals surface area contributed by atoms with E-state index in [4.69, 9.17) is 9.11 Å². The second-order valence-corrected chi connectivity index (χ2v) is 6.41. The summed E-state index contributed by atoms with van der Waals surface area (Å²) in [5, 5.41) is 2.34. The Hall–Kier alpha value is -1.76. The van der Waals surface area contributed by atoms with Gasteiger partial charge in [0.05, 0.1) is 5.41 Å². The molecule has 0 saturated carbocycles. The molecule has 2 amide bonds. The van der Waals surface area contributed by atoms with E-state index in [0.717, 1.165) is 0 Å². The lowest BCUT2D eigenvalue weighted by atomic mass is 10.3. The van der Waals surface area contributed by atoms with Crippen LogP contribution in [0.1, 0.15) is 13.8 Å². The summed E-state index contributed by atoms with van der Waals surface area (Å²) in [4.78, 5) is 20.8. The molecule has 0 aliphatic carbocycles. The molecule has 10 nitrogen and oxygen atoms in total. The third-order valence-electron chi connectivity index (χ3n) is 1.52. The van der Waals surface area contributed by atoms with Gasteiger partial charge in [-0.1, -0.05) is 6.58 Å². The summed E-state index contributed by atoms with van der Waals surface area (Å²) < 4.78 is 56.5. The molecule has 0 atom stereocenters. The summed E-state index contributed by atoms with van der Waals surface area (Å²) >= 11 is 0. The van der Waals surface area contributed by atoms with Gasteiger partial charge in [0, 0.05) is 11.1 Å². The summed E-state index contributed by atoms with van der Waals surface area (Å²) in [6.07, 6.45) is 0. The Morgan fingerprint density at radius 2 is 1.62 bits per heavy atom. The van der Waals surface area contributed by atoms with Crippen molar-refractivity contribution in [3.05, 3.63) is 23.1 Å². The molecule has 0 heterocycles. The van der Waals surface area contributed by atoms with E-state index in [1.54, 1.807) is 0 Å². The molecule has 0 aromatic rings. The van der Waals surface area contributed by atoms with Gasteiger partial charge in [-0.25, -0.2) is 0 Å². The highest BCUT2D eigenvalue weighted by atomic mass is 32.2. The molecule has 0 unspecified atom stereocenters. The van der Waals surface area contributed by atoms with Crippen molar-refractivity contribution in [2.24, 2.45) is 5.73 Å². The second-order valence-electron chi connectivity index (χ2n) is 3.69. The molecule has 0 aliphatic heterocycles. The van der Waals surface area contributed by atoms with Crippen LogP contribution in [0.2, 0.25) is 0 Å². The van der Waals surface area contributed by atoms with Crippen molar-refractivity contribution in [2.75, 3.05) is 5.88 Å². The van der Waals surface area contributed by atoms with Gasteiger partial charge in [0.25, 0.3) is 20.2 Å². The fourth-order valence-electron chi connectivity index (χ4n) is 0.589. The van der Waals surface area contributed by atoms with Crippen LogP contribution in [0.15, 0.2) is 23.1 Å². The summed E-state index contributed by atoms with van der Waals surface area (Å²) in [7, 11) is -8.36. The molecule has 0 bridgehead atoms. The maximum absolute atomic E-state index is 10.6. The molecular formula is C9H16N2O8S2. The van der Waals surface area contributed by atoms with E-state index >= 15 is 0 Å². The lowest BCUT2D eigenvalue weighted by molar-refractivity contribution is -0.117. The van der Waals surface area contributed by atoms with Crippen molar-refractivity contribution in [3.63, 3.8) is 0 Å². The maximum Gasteiger partial charge on any atom is 0.288 e. The maximum atomic E-state index is 10.6. The number of amides is 2. The molecule has 21 heavy (non-hydrogen) atoms. The SMILES string of the molecule is C=C(C)C(=O)NCS(=O)(=O)O.CC(=CS(=O)(=O)O)C(N)=O. The Morgan fingerprint density at radius 3 is 1.81 bits per heavy atom. The summed E-state index contributed by atoms with van der Waals surface area (Å²) in [6, 6.07) is 0. The predicted octanol–water partition coefficient (Wildman–Crippen LogP) is -1.21. The average molecular weight is 344 g/mol. The molecule has 0 aliphatic rings. The van der Waals surface area contributed by atoms with E-state index in [1.165, 1.54) is 13.8 Å². The van der Waals surface area contributed by atoms with Gasteiger partial charge in [-0.3, -0.25) is 18.7 Å². The number of nitrogens with two attached hydrogens (primary N) is 1. The minimum Gasteiger partial charge on any atom is -0.366 e. The number of hydrogen-bond acceptors (Lipinski definition) is 6. The van der Waals surface area contributed by atoms with Crippen LogP contribution in [0.25, 0.3) is 0 Å². The van der Waals surface area contributed by atoms with Crippen molar-refractivity contribution < 1.29 is 35.5 Å². The lowest BCUT2D eigenvalue weighted by Crippen LogP contribution is -2.29. The van der Waals surface area contributed by atoms with Crippen LogP contribution in [0.3, 0.4) is 0 Å². The van der Waals surface area contributed by atoms with Crippen LogP contribution < -0.4 is 11.1 Å². The van der Waals surface area contributed by atoms with Gasteiger partial charge in [-0.15, -0.1) is 0 Å². The highest BCUT2D eigenvalue weighted by molar-refractivity contribution is 7.88. The summed E-state index contributed by atoms with van der Waals surface area (Å²) in [5.41, 5.74) is 4.64. The lowest BCUT2D eigenvalue weighted by Gasteiger charge is -2.00. The molecule has 0 rings (SSSR count). The van der Waals surface area contributed by atoms with Crippen molar-refractivity contribution in [1.29, 1.82) is 0 Å². The Bertz CT molecular complexity index is 645. The number of primary amides is 1. The Morgan fingerprint density at radius 1 is 1.19 bits per heavy atom. The van der Waals surface area contributed by atoms with Crippen molar-refractivity contribution in [1.82, 2.24) is 5.32 Å². The molecule has 0 radical (unpaired) electrons. The van der Waals surface area contributed by atoms with Gasteiger partial charge in [0.1, 0.15) is 5.88 Å². The third-order valence-corrected chi connectivity index (χ3v) is 2.68. The number of rotatable bonds is 5. The van der Waals surface area contributed by atoms with Crippen LogP contribution in [-0.4, -0.2) is 43.6 Å². The first kappa shape index (κ1) is 21.5. The van der Waals surface area contributed by atoms with E-state index < -0.39 is 37.9 Å². The minimum atomic E-state index is -4.23. The van der Waals surface area contributed by atoms with Crippen LogP contribution in [0.4, 0.5) is 0 Å². The first-order valence-electron chi connectivity index (χ1n) is 5.00. The normalized spacial score (nSPS) is 11.9. The average Bonchev–Trinajstić information content (AvgIpc) is 2.23. The number of hydrogen-bond donors (Lipinski definition) is 4. The topological polar surface area (TPSA) is 181 Å². The van der Waals surface area contributed by atoms with Crippen LogP contribution >= 0.6 is 0 Å². The van der Waals surface area contributed by atoms with Gasteiger partial charge >= 0.3 is 0 Å². The Labute approximate surface area is 122 Å². The van der Waals surface area contributed by atoms with E-state index in [9.17, 15) is 26.4 Å². The summed E-state index contributed by atoms with van der Waals surface area (Å²) in [5.74, 6) is -2.25. The molecule has 122 valence electrons. The molecule has 0 aromatic carbocycles. The third kappa shape index (κ3) is 16.2. The number of carbonyl (C=O) groups excluding carboxylic acids is 2. The molecule has 5 N–H and O–H groups in total. The molecule has 0 aromatic heterocycles. The highest BCUT2D eigenvalue weighted by Gasteiger charge is 2.07. The first-order valence-corrected chi connectivity index (χ1v) is 8.11. The zero-order chi connectivity index (χ0) is 17.4. The van der Waals surface area contributed by atoms with E-state index in [2.05, 4.69) is 12.3 Å². The first-order chi connectivity index (χ1) is 9.15. The van der Waals surface area contributed by atoms with Gasteiger partial charge in [-0.2, -0.15) is 16.8 Å². The predicted molar refractivity (Wildman–Crippen MR) is 73.9 cm³/mol. The Balaban J connectivity index is 0. The van der Waals surface area contributed by atoms with Gasteiger partial charge < -0.3 is 11.1 Å². The molecular weight excluding hydrogens is 328 g/mol. The molecule has 0 fully saturated rings. The zero-order valence-corrected chi connectivity index (χ0v) is 12.9. The quantitative estimate of drug-likeness (QED) is 0.354. The van der Waals surface area contributed by atoms with E-state index in [1.807, 2.05) is 5.32 Å². The van der Waals surface area contributed by atoms with Gasteiger partial charge in [0.15, 0.2) is 0 Å². The van der Waals surface area contributed by atoms with Gasteiger partial charge in [-0.05, 0) is 13.8 Å². The second kappa shape index (κ2) is 8.51. The highest BCUT2D eigenvalue weighted by Crippen LogP contribution is 1.94. The van der Waals surface area contributed by atoms with Crippen molar-refractivity contribution in [3.8, 4) is 0 Å². The van der Waals surface area contributed by atoms with Crippen LogP contribution in [0, 0.1) is 0 Å². The minimum absolute atomic E-state index is 0.189. The van der Waals surface area contributed by atoms with E-state index in [-0.39, 0.29) is 11.1 Å². The smallest absolute Gasteiger partial charge is 0.288 e. The number of nitrogens with one attached hydrogen (secondary N) is 1. The van der Waals surface area contributed by atoms with Crippen LogP contribution in [0.5, 0.6) is 0 Å². The molecule has 0 saturated heterocycles. The fraction of sp³-hybridized carbons (Fsp3) is 0.333. The molecule has 12 heteroatoms. The fourth-order valence-corrected chi connectivity index (χ4v) is 1.47. The van der Waals surface area contributed by atoms with E-state index in [0.29, 0.717) is 5.41 Å². The van der Waals surface area contributed by atoms with Crippen molar-refractivity contribution in [2.45, 2.75) is 13.8 Å². The molecule has 0 spiro atoms.